The Labute approximate surface area is 247 Å². The van der Waals surface area contributed by atoms with Gasteiger partial charge in [0.2, 0.25) is 0 Å². The minimum absolute atomic E-state index is 0.0782. The summed E-state index contributed by atoms with van der Waals surface area (Å²) in [6.07, 6.45) is 1.63. The molecule has 0 bridgehead atoms. The molecule has 2 atom stereocenters. The van der Waals surface area contributed by atoms with Crippen molar-refractivity contribution in [2.24, 2.45) is 0 Å². The lowest BCUT2D eigenvalue weighted by Gasteiger charge is -2.34. The smallest absolute Gasteiger partial charge is 0.422 e. The third-order valence-electron chi connectivity index (χ3n) is 7.15. The number of benzene rings is 3. The first-order valence-corrected chi connectivity index (χ1v) is 14.2. The van der Waals surface area contributed by atoms with Gasteiger partial charge in [0.15, 0.2) is 0 Å². The molecule has 4 rings (SSSR count). The number of carboxylic acid groups (broad SMARTS) is 1. The summed E-state index contributed by atoms with van der Waals surface area (Å²) in [6.45, 7) is 3.31. The van der Waals surface area contributed by atoms with Crippen LogP contribution in [0.3, 0.4) is 0 Å². The first-order valence-electron chi connectivity index (χ1n) is 14.2. The van der Waals surface area contributed by atoms with Crippen molar-refractivity contribution >= 4 is 12.1 Å². The fourth-order valence-electron chi connectivity index (χ4n) is 4.87. The van der Waals surface area contributed by atoms with Crippen LogP contribution in [0.4, 0.5) is 4.79 Å². The Morgan fingerprint density at radius 2 is 1.45 bits per heavy atom. The van der Waals surface area contributed by atoms with Crippen molar-refractivity contribution in [3.63, 3.8) is 0 Å². The molecule has 1 heterocycles. The van der Waals surface area contributed by atoms with Gasteiger partial charge < -0.3 is 15.2 Å². The van der Waals surface area contributed by atoms with Crippen molar-refractivity contribution in [3.05, 3.63) is 138 Å². The van der Waals surface area contributed by atoms with E-state index >= 15 is 0 Å². The molecule has 0 aliphatic carbocycles. The highest BCUT2D eigenvalue weighted by Crippen LogP contribution is 2.23. The predicted molar refractivity (Wildman–Crippen MR) is 163 cm³/mol. The molecular weight excluding hydrogens is 528 g/mol. The van der Waals surface area contributed by atoms with Crippen molar-refractivity contribution in [1.82, 2.24) is 20.7 Å². The van der Waals surface area contributed by atoms with Gasteiger partial charge in [0.25, 0.3) is 0 Å². The van der Waals surface area contributed by atoms with E-state index in [-0.39, 0.29) is 25.0 Å². The van der Waals surface area contributed by atoms with Gasteiger partial charge in [-0.15, -0.1) is 0 Å². The molecule has 1 aromatic heterocycles. The summed E-state index contributed by atoms with van der Waals surface area (Å²) in [5, 5.41) is 15.2. The molecule has 1 amide bonds. The number of carboxylic acids is 1. The van der Waals surface area contributed by atoms with Crippen molar-refractivity contribution in [2.45, 2.75) is 44.4 Å². The van der Waals surface area contributed by atoms with Gasteiger partial charge in [-0.05, 0) is 48.7 Å². The highest BCUT2D eigenvalue weighted by atomic mass is 16.6. The number of nitrogens with one attached hydrogen (secondary N) is 2. The molecule has 0 radical (unpaired) electrons. The van der Waals surface area contributed by atoms with Crippen LogP contribution in [0, 0.1) is 0 Å². The van der Waals surface area contributed by atoms with Crippen molar-refractivity contribution in [3.8, 4) is 0 Å². The van der Waals surface area contributed by atoms with Gasteiger partial charge in [0.1, 0.15) is 12.6 Å². The topological polar surface area (TPSA) is 104 Å². The summed E-state index contributed by atoms with van der Waals surface area (Å²) < 4.78 is 5.43. The summed E-state index contributed by atoms with van der Waals surface area (Å²) in [4.78, 5) is 29.6. The minimum Gasteiger partial charge on any atom is -0.480 e. The predicted octanol–water partition coefficient (Wildman–Crippen LogP) is 5.42. The Balaban J connectivity index is 1.42. The van der Waals surface area contributed by atoms with E-state index in [0.717, 1.165) is 5.56 Å². The Bertz CT molecular complexity index is 1320. The zero-order valence-electron chi connectivity index (χ0n) is 23.8. The third-order valence-corrected chi connectivity index (χ3v) is 7.15. The molecular formula is C34H38N4O4. The molecule has 4 aromatic rings. The molecule has 1 unspecified atom stereocenters. The van der Waals surface area contributed by atoms with E-state index in [2.05, 4.69) is 40.0 Å². The Morgan fingerprint density at radius 3 is 2.02 bits per heavy atom. The van der Waals surface area contributed by atoms with Crippen LogP contribution in [0.15, 0.2) is 115 Å². The van der Waals surface area contributed by atoms with Crippen LogP contribution in [0.25, 0.3) is 0 Å². The SMILES string of the molecule is CC(CCNCC(c1ccccc1)c1ccccc1)N(NC(=O)OCc1ccccc1)[C@@H](Cc1ccccn1)C(=O)O. The van der Waals surface area contributed by atoms with Crippen LogP contribution >= 0.6 is 0 Å². The largest absolute Gasteiger partial charge is 0.480 e. The van der Waals surface area contributed by atoms with Crippen LogP contribution in [0.1, 0.15) is 41.6 Å². The summed E-state index contributed by atoms with van der Waals surface area (Å²) >= 11 is 0. The first kappa shape index (κ1) is 30.4. The quantitative estimate of drug-likeness (QED) is 0.130. The maximum absolute atomic E-state index is 12.8. The van der Waals surface area contributed by atoms with E-state index in [1.54, 1.807) is 18.3 Å². The Kier molecular flexibility index (Phi) is 11.6. The summed E-state index contributed by atoms with van der Waals surface area (Å²) in [6, 6.07) is 34.1. The Morgan fingerprint density at radius 1 is 0.857 bits per heavy atom. The highest BCUT2D eigenvalue weighted by Gasteiger charge is 2.32. The summed E-state index contributed by atoms with van der Waals surface area (Å²) in [5.74, 6) is -0.891. The molecule has 0 fully saturated rings. The molecule has 0 aliphatic rings. The number of hydrogen-bond acceptors (Lipinski definition) is 6. The molecule has 3 aromatic carbocycles. The van der Waals surface area contributed by atoms with Gasteiger partial charge in [-0.1, -0.05) is 97.1 Å². The maximum Gasteiger partial charge on any atom is 0.422 e. The Hall–Kier alpha value is -4.53. The lowest BCUT2D eigenvalue weighted by Crippen LogP contribution is -2.57. The lowest BCUT2D eigenvalue weighted by molar-refractivity contribution is -0.145. The zero-order valence-corrected chi connectivity index (χ0v) is 23.8. The van der Waals surface area contributed by atoms with Crippen LogP contribution < -0.4 is 10.7 Å². The molecule has 0 spiro atoms. The second kappa shape index (κ2) is 16.0. The summed E-state index contributed by atoms with van der Waals surface area (Å²) in [7, 11) is 0. The fourth-order valence-corrected chi connectivity index (χ4v) is 4.87. The fraction of sp³-hybridized carbons (Fsp3) is 0.265. The average Bonchev–Trinajstić information content (AvgIpc) is 3.03. The van der Waals surface area contributed by atoms with E-state index < -0.39 is 18.1 Å². The average molecular weight is 567 g/mol. The van der Waals surface area contributed by atoms with Gasteiger partial charge in [0.05, 0.1) is 0 Å². The zero-order chi connectivity index (χ0) is 29.6. The van der Waals surface area contributed by atoms with Gasteiger partial charge >= 0.3 is 12.1 Å². The minimum atomic E-state index is -1.06. The number of ether oxygens (including phenoxy) is 1. The normalized spacial score (nSPS) is 12.5. The number of amides is 1. The van der Waals surface area contributed by atoms with Crippen LogP contribution in [0.2, 0.25) is 0 Å². The van der Waals surface area contributed by atoms with Gasteiger partial charge in [-0.3, -0.25) is 15.2 Å². The van der Waals surface area contributed by atoms with Crippen LogP contribution in [-0.4, -0.2) is 52.3 Å². The lowest BCUT2D eigenvalue weighted by atomic mass is 9.91. The number of aliphatic carboxylic acids is 1. The number of aromatic nitrogens is 1. The molecule has 218 valence electrons. The molecule has 0 saturated carbocycles. The number of pyridine rings is 1. The van der Waals surface area contributed by atoms with E-state index in [9.17, 15) is 14.7 Å². The highest BCUT2D eigenvalue weighted by molar-refractivity contribution is 5.75. The second-order valence-corrected chi connectivity index (χ2v) is 10.2. The molecule has 0 aliphatic heterocycles. The molecule has 0 saturated heterocycles. The number of hydrogen-bond donors (Lipinski definition) is 3. The first-order chi connectivity index (χ1) is 20.5. The third kappa shape index (κ3) is 9.26. The monoisotopic (exact) mass is 566 g/mol. The van der Waals surface area contributed by atoms with Crippen molar-refractivity contribution in [1.29, 1.82) is 0 Å². The number of hydrazine groups is 1. The van der Waals surface area contributed by atoms with Crippen molar-refractivity contribution < 1.29 is 19.4 Å². The number of rotatable bonds is 15. The molecule has 8 nitrogen and oxygen atoms in total. The molecule has 8 heteroatoms. The van der Waals surface area contributed by atoms with Crippen LogP contribution in [-0.2, 0) is 22.6 Å². The van der Waals surface area contributed by atoms with Gasteiger partial charge in [-0.25, -0.2) is 9.80 Å². The number of nitrogens with zero attached hydrogens (tertiary/aromatic N) is 2. The van der Waals surface area contributed by atoms with E-state index in [1.165, 1.54) is 16.1 Å². The number of carbonyl (C=O) groups is 2. The molecule has 3 N–H and O–H groups in total. The van der Waals surface area contributed by atoms with Gasteiger partial charge in [-0.2, -0.15) is 0 Å². The van der Waals surface area contributed by atoms with Crippen molar-refractivity contribution in [2.75, 3.05) is 13.1 Å². The second-order valence-electron chi connectivity index (χ2n) is 10.2. The maximum atomic E-state index is 12.8. The molecule has 42 heavy (non-hydrogen) atoms. The van der Waals surface area contributed by atoms with E-state index in [1.807, 2.05) is 79.7 Å². The standard InChI is InChI=1S/C34H38N4O4/c1-26(20-22-35-24-31(28-15-7-3-8-16-28)29-17-9-4-10-18-29)38(32(33(39)40)23-30-19-11-12-21-36-30)37-34(41)42-25-27-13-5-2-6-14-27/h2-19,21,26,31-32,35H,20,22-25H2,1H3,(H,37,41)(H,39,40)/t26?,32-/m0/s1. The number of carbonyl (C=O) groups excluding carboxylic acids is 1. The van der Waals surface area contributed by atoms with Gasteiger partial charge in [0, 0.05) is 36.8 Å². The van der Waals surface area contributed by atoms with Crippen LogP contribution in [0.5, 0.6) is 0 Å². The van der Waals surface area contributed by atoms with E-state index in [4.69, 9.17) is 4.74 Å². The van der Waals surface area contributed by atoms with E-state index in [0.29, 0.717) is 25.2 Å². The summed E-state index contributed by atoms with van der Waals surface area (Å²) in [5.41, 5.74) is 6.62.